The molecule has 1 aromatic rings. The van der Waals surface area contributed by atoms with Gasteiger partial charge >= 0.3 is 12.0 Å². The lowest BCUT2D eigenvalue weighted by Crippen LogP contribution is -2.30. The SMILES string of the molecule is O=C(NCCC1CCCC1)Nc1ccc(C(=O)O)c(O)c1. The molecule has 0 saturated heterocycles. The number of carbonyl (C=O) groups is 2. The Kier molecular flexibility index (Phi) is 5.03. The van der Waals surface area contributed by atoms with Crippen LogP contribution in [0.15, 0.2) is 18.2 Å². The van der Waals surface area contributed by atoms with E-state index in [0.717, 1.165) is 6.42 Å². The molecule has 0 radical (unpaired) electrons. The van der Waals surface area contributed by atoms with Crippen LogP contribution in [-0.4, -0.2) is 28.8 Å². The van der Waals surface area contributed by atoms with E-state index in [9.17, 15) is 14.7 Å². The second-order valence-corrected chi connectivity index (χ2v) is 5.36. The van der Waals surface area contributed by atoms with Gasteiger partial charge in [0.05, 0.1) is 0 Å². The molecule has 6 nitrogen and oxygen atoms in total. The van der Waals surface area contributed by atoms with Crippen molar-refractivity contribution in [1.29, 1.82) is 0 Å². The summed E-state index contributed by atoms with van der Waals surface area (Å²) in [7, 11) is 0. The number of aromatic carboxylic acids is 1. The number of carboxylic acid groups (broad SMARTS) is 1. The van der Waals surface area contributed by atoms with Crippen LogP contribution in [0.4, 0.5) is 10.5 Å². The molecule has 0 aliphatic heterocycles. The Hall–Kier alpha value is -2.24. The molecule has 1 saturated carbocycles. The number of anilines is 1. The Morgan fingerprint density at radius 1 is 1.24 bits per heavy atom. The zero-order valence-electron chi connectivity index (χ0n) is 11.8. The summed E-state index contributed by atoms with van der Waals surface area (Å²) in [5.41, 5.74) is 0.165. The number of hydrogen-bond donors (Lipinski definition) is 4. The lowest BCUT2D eigenvalue weighted by Gasteiger charge is -2.11. The molecule has 114 valence electrons. The largest absolute Gasteiger partial charge is 0.507 e. The highest BCUT2D eigenvalue weighted by Gasteiger charge is 2.15. The van der Waals surface area contributed by atoms with Gasteiger partial charge in [-0.3, -0.25) is 0 Å². The third kappa shape index (κ3) is 4.37. The second kappa shape index (κ2) is 6.97. The molecule has 21 heavy (non-hydrogen) atoms. The third-order valence-electron chi connectivity index (χ3n) is 3.80. The van der Waals surface area contributed by atoms with Crippen molar-refractivity contribution in [3.8, 4) is 5.75 Å². The number of carboxylic acids is 1. The molecule has 0 aromatic heterocycles. The summed E-state index contributed by atoms with van der Waals surface area (Å²) in [6, 6.07) is 3.57. The number of nitrogens with one attached hydrogen (secondary N) is 2. The summed E-state index contributed by atoms with van der Waals surface area (Å²) < 4.78 is 0. The first-order valence-electron chi connectivity index (χ1n) is 7.17. The monoisotopic (exact) mass is 292 g/mol. The van der Waals surface area contributed by atoms with E-state index in [1.54, 1.807) is 0 Å². The molecule has 0 bridgehead atoms. The molecule has 2 amide bonds. The van der Waals surface area contributed by atoms with Crippen molar-refractivity contribution in [3.05, 3.63) is 23.8 Å². The van der Waals surface area contributed by atoms with Gasteiger partial charge in [-0.2, -0.15) is 0 Å². The minimum Gasteiger partial charge on any atom is -0.507 e. The van der Waals surface area contributed by atoms with Crippen LogP contribution in [0.25, 0.3) is 0 Å². The van der Waals surface area contributed by atoms with Gasteiger partial charge in [-0.25, -0.2) is 9.59 Å². The average Bonchev–Trinajstić information content (AvgIpc) is 2.91. The fourth-order valence-corrected chi connectivity index (χ4v) is 2.65. The summed E-state index contributed by atoms with van der Waals surface area (Å²) in [6.45, 7) is 0.621. The number of phenols is 1. The van der Waals surface area contributed by atoms with Gasteiger partial charge in [-0.1, -0.05) is 25.7 Å². The number of aromatic hydroxyl groups is 1. The maximum atomic E-state index is 11.7. The standard InChI is InChI=1S/C15H20N2O4/c18-13-9-11(5-6-12(13)14(19)20)17-15(21)16-8-7-10-3-1-2-4-10/h5-6,9-10,18H,1-4,7-8H2,(H,19,20)(H2,16,17,21). The number of benzene rings is 1. The van der Waals surface area contributed by atoms with E-state index in [4.69, 9.17) is 5.11 Å². The van der Waals surface area contributed by atoms with Crippen molar-refractivity contribution in [3.63, 3.8) is 0 Å². The van der Waals surface area contributed by atoms with Crippen LogP contribution in [0.2, 0.25) is 0 Å². The van der Waals surface area contributed by atoms with Crippen LogP contribution in [0, 0.1) is 5.92 Å². The summed E-state index contributed by atoms with van der Waals surface area (Å²) in [5.74, 6) is -0.865. The average molecular weight is 292 g/mol. The molecule has 4 N–H and O–H groups in total. The van der Waals surface area contributed by atoms with Crippen LogP contribution >= 0.6 is 0 Å². The van der Waals surface area contributed by atoms with Gasteiger partial charge in [-0.15, -0.1) is 0 Å². The van der Waals surface area contributed by atoms with Crippen LogP contribution in [0.3, 0.4) is 0 Å². The van der Waals surface area contributed by atoms with Crippen LogP contribution in [0.1, 0.15) is 42.5 Å². The highest BCUT2D eigenvalue weighted by atomic mass is 16.4. The Balaban J connectivity index is 1.79. The Morgan fingerprint density at radius 3 is 2.57 bits per heavy atom. The maximum absolute atomic E-state index is 11.7. The summed E-state index contributed by atoms with van der Waals surface area (Å²) >= 11 is 0. The van der Waals surface area contributed by atoms with Gasteiger partial charge in [0.2, 0.25) is 0 Å². The van der Waals surface area contributed by atoms with Crippen molar-refractivity contribution in [2.45, 2.75) is 32.1 Å². The number of hydrogen-bond acceptors (Lipinski definition) is 3. The van der Waals surface area contributed by atoms with E-state index < -0.39 is 5.97 Å². The molecule has 0 heterocycles. The molecule has 1 aliphatic rings. The number of urea groups is 1. The lowest BCUT2D eigenvalue weighted by molar-refractivity contribution is 0.0694. The first-order valence-corrected chi connectivity index (χ1v) is 7.17. The lowest BCUT2D eigenvalue weighted by atomic mass is 10.0. The normalized spacial score (nSPS) is 14.9. The van der Waals surface area contributed by atoms with Gasteiger partial charge in [0.25, 0.3) is 0 Å². The van der Waals surface area contributed by atoms with Gasteiger partial charge in [0.1, 0.15) is 11.3 Å². The second-order valence-electron chi connectivity index (χ2n) is 5.36. The van der Waals surface area contributed by atoms with Crippen molar-refractivity contribution in [2.75, 3.05) is 11.9 Å². The Bertz CT molecular complexity index is 524. The summed E-state index contributed by atoms with van der Waals surface area (Å²) in [5, 5.41) is 23.7. The molecule has 0 unspecified atom stereocenters. The quantitative estimate of drug-likeness (QED) is 0.670. The van der Waals surface area contributed by atoms with E-state index >= 15 is 0 Å². The molecule has 6 heteroatoms. The number of rotatable bonds is 5. The van der Waals surface area contributed by atoms with Gasteiger partial charge in [0, 0.05) is 18.3 Å². The molecular formula is C15H20N2O4. The van der Waals surface area contributed by atoms with Crippen molar-refractivity contribution < 1.29 is 19.8 Å². The van der Waals surface area contributed by atoms with Crippen LogP contribution < -0.4 is 10.6 Å². The predicted octanol–water partition coefficient (Wildman–Crippen LogP) is 2.79. The fraction of sp³-hybridized carbons (Fsp3) is 0.467. The molecule has 1 fully saturated rings. The van der Waals surface area contributed by atoms with E-state index in [-0.39, 0.29) is 17.3 Å². The molecule has 1 aliphatic carbocycles. The van der Waals surface area contributed by atoms with Crippen molar-refractivity contribution in [1.82, 2.24) is 5.32 Å². The van der Waals surface area contributed by atoms with Crippen molar-refractivity contribution in [2.24, 2.45) is 5.92 Å². The van der Waals surface area contributed by atoms with E-state index in [2.05, 4.69) is 10.6 Å². The minimum atomic E-state index is -1.21. The minimum absolute atomic E-state index is 0.192. The molecule has 2 rings (SSSR count). The van der Waals surface area contributed by atoms with E-state index in [1.165, 1.54) is 43.9 Å². The van der Waals surface area contributed by atoms with Gasteiger partial charge in [0.15, 0.2) is 0 Å². The summed E-state index contributed by atoms with van der Waals surface area (Å²) in [4.78, 5) is 22.5. The van der Waals surface area contributed by atoms with Crippen LogP contribution in [-0.2, 0) is 0 Å². The summed E-state index contributed by atoms with van der Waals surface area (Å²) in [6.07, 6.45) is 6.04. The van der Waals surface area contributed by atoms with Gasteiger partial charge < -0.3 is 20.8 Å². The fourth-order valence-electron chi connectivity index (χ4n) is 2.65. The van der Waals surface area contributed by atoms with Crippen LogP contribution in [0.5, 0.6) is 5.75 Å². The number of amides is 2. The molecule has 0 spiro atoms. The molecule has 0 atom stereocenters. The zero-order valence-corrected chi connectivity index (χ0v) is 11.8. The molecule has 1 aromatic carbocycles. The first-order chi connectivity index (χ1) is 10.1. The smallest absolute Gasteiger partial charge is 0.339 e. The van der Waals surface area contributed by atoms with Gasteiger partial charge in [-0.05, 0) is 24.5 Å². The first kappa shape index (κ1) is 15.2. The molecular weight excluding hydrogens is 272 g/mol. The van der Waals surface area contributed by atoms with Crippen molar-refractivity contribution >= 4 is 17.7 Å². The highest BCUT2D eigenvalue weighted by Crippen LogP contribution is 2.27. The topological polar surface area (TPSA) is 98.7 Å². The maximum Gasteiger partial charge on any atom is 0.339 e. The zero-order chi connectivity index (χ0) is 15.2. The third-order valence-corrected chi connectivity index (χ3v) is 3.80. The number of carbonyl (C=O) groups excluding carboxylic acids is 1. The van der Waals surface area contributed by atoms with E-state index in [0.29, 0.717) is 18.2 Å². The Labute approximate surface area is 123 Å². The Morgan fingerprint density at radius 2 is 1.95 bits per heavy atom. The highest BCUT2D eigenvalue weighted by molar-refractivity contribution is 5.93. The van der Waals surface area contributed by atoms with E-state index in [1.807, 2.05) is 0 Å². The predicted molar refractivity (Wildman–Crippen MR) is 78.7 cm³/mol.